The molecule has 1 atom stereocenters. The number of benzene rings is 2. The maximum atomic E-state index is 12.6. The number of carbonyl (C=O) groups is 1. The molecule has 140 valence electrons. The lowest BCUT2D eigenvalue weighted by atomic mass is 10.2. The van der Waals surface area contributed by atoms with E-state index in [-0.39, 0.29) is 11.9 Å². The second-order valence-electron chi connectivity index (χ2n) is 6.63. The van der Waals surface area contributed by atoms with Crippen molar-refractivity contribution in [3.63, 3.8) is 0 Å². The number of hydrogen-bond acceptors (Lipinski definition) is 5. The molecule has 1 saturated heterocycles. The molecule has 0 spiro atoms. The van der Waals surface area contributed by atoms with Gasteiger partial charge in [0.15, 0.2) is 0 Å². The molecule has 5 nitrogen and oxygen atoms in total. The topological polar surface area (TPSA) is 54.5 Å². The van der Waals surface area contributed by atoms with Crippen molar-refractivity contribution in [2.45, 2.75) is 25.8 Å². The van der Waals surface area contributed by atoms with Crippen molar-refractivity contribution >= 4 is 33.1 Å². The van der Waals surface area contributed by atoms with Gasteiger partial charge < -0.3 is 10.1 Å². The van der Waals surface area contributed by atoms with Gasteiger partial charge in [-0.25, -0.2) is 4.98 Å². The molecule has 27 heavy (non-hydrogen) atoms. The Bertz CT molecular complexity index is 907. The highest BCUT2D eigenvalue weighted by Crippen LogP contribution is 2.36. The normalized spacial score (nSPS) is 17.3. The van der Waals surface area contributed by atoms with E-state index in [1.54, 1.807) is 11.3 Å². The van der Waals surface area contributed by atoms with Crippen LogP contribution in [0.5, 0.6) is 5.75 Å². The van der Waals surface area contributed by atoms with Crippen molar-refractivity contribution in [3.05, 3.63) is 53.5 Å². The fourth-order valence-corrected chi connectivity index (χ4v) is 4.69. The SMILES string of the molecule is CCOc1ccccc1NC(=O)CN1CCC[C@@H]1c1nc2ccccc2s1. The van der Waals surface area contributed by atoms with Crippen LogP contribution in [0.3, 0.4) is 0 Å². The summed E-state index contributed by atoms with van der Waals surface area (Å²) < 4.78 is 6.80. The third-order valence-electron chi connectivity index (χ3n) is 4.77. The number of rotatable bonds is 6. The number of anilines is 1. The zero-order valence-corrected chi connectivity index (χ0v) is 16.2. The molecule has 1 aliphatic rings. The van der Waals surface area contributed by atoms with Gasteiger partial charge in [0.05, 0.1) is 35.1 Å². The van der Waals surface area contributed by atoms with Gasteiger partial charge in [-0.15, -0.1) is 11.3 Å². The van der Waals surface area contributed by atoms with E-state index in [1.165, 1.54) is 4.70 Å². The predicted octanol–water partition coefficient (Wildman–Crippen LogP) is 4.47. The Balaban J connectivity index is 1.46. The van der Waals surface area contributed by atoms with Gasteiger partial charge in [-0.3, -0.25) is 9.69 Å². The Hall–Kier alpha value is -2.44. The fourth-order valence-electron chi connectivity index (χ4n) is 3.55. The molecule has 2 heterocycles. The van der Waals surface area contributed by atoms with Crippen LogP contribution in [-0.4, -0.2) is 35.5 Å². The second-order valence-corrected chi connectivity index (χ2v) is 7.69. The summed E-state index contributed by atoms with van der Waals surface area (Å²) in [6.45, 7) is 3.78. The Morgan fingerprint density at radius 3 is 2.93 bits per heavy atom. The summed E-state index contributed by atoms with van der Waals surface area (Å²) in [6, 6.07) is 16.0. The largest absolute Gasteiger partial charge is 0.492 e. The Morgan fingerprint density at radius 2 is 2.07 bits per heavy atom. The first kappa shape index (κ1) is 17.9. The number of thiazole rings is 1. The number of nitrogens with zero attached hydrogens (tertiary/aromatic N) is 2. The van der Waals surface area contributed by atoms with Crippen LogP contribution in [0.4, 0.5) is 5.69 Å². The molecule has 1 aromatic heterocycles. The van der Waals surface area contributed by atoms with Crippen molar-refractivity contribution in [1.82, 2.24) is 9.88 Å². The van der Waals surface area contributed by atoms with E-state index in [2.05, 4.69) is 16.3 Å². The Kier molecular flexibility index (Phi) is 5.36. The molecule has 1 aliphatic heterocycles. The molecule has 4 rings (SSSR count). The van der Waals surface area contributed by atoms with Gasteiger partial charge in [0.25, 0.3) is 0 Å². The summed E-state index contributed by atoms with van der Waals surface area (Å²) in [5, 5.41) is 4.11. The van der Waals surface area contributed by atoms with E-state index in [4.69, 9.17) is 9.72 Å². The molecule has 0 bridgehead atoms. The smallest absolute Gasteiger partial charge is 0.238 e. The van der Waals surface area contributed by atoms with Crippen LogP contribution >= 0.6 is 11.3 Å². The molecule has 6 heteroatoms. The Morgan fingerprint density at radius 1 is 1.26 bits per heavy atom. The fraction of sp³-hybridized carbons (Fsp3) is 0.333. The summed E-state index contributed by atoms with van der Waals surface area (Å²) in [4.78, 5) is 19.7. The average Bonchev–Trinajstić information content (AvgIpc) is 3.29. The van der Waals surface area contributed by atoms with Crippen LogP contribution in [-0.2, 0) is 4.79 Å². The molecule has 1 amide bonds. The maximum Gasteiger partial charge on any atom is 0.238 e. The molecule has 3 aromatic rings. The van der Waals surface area contributed by atoms with Crippen molar-refractivity contribution in [2.24, 2.45) is 0 Å². The highest BCUT2D eigenvalue weighted by molar-refractivity contribution is 7.18. The van der Waals surface area contributed by atoms with Gasteiger partial charge >= 0.3 is 0 Å². The van der Waals surface area contributed by atoms with Crippen LogP contribution < -0.4 is 10.1 Å². The van der Waals surface area contributed by atoms with Gasteiger partial charge in [0.1, 0.15) is 10.8 Å². The number of hydrogen-bond donors (Lipinski definition) is 1. The van der Waals surface area contributed by atoms with Gasteiger partial charge in [0, 0.05) is 0 Å². The predicted molar refractivity (Wildman–Crippen MR) is 109 cm³/mol. The number of aromatic nitrogens is 1. The van der Waals surface area contributed by atoms with E-state index in [1.807, 2.05) is 49.4 Å². The van der Waals surface area contributed by atoms with Crippen LogP contribution in [0.25, 0.3) is 10.2 Å². The number of likely N-dealkylation sites (tertiary alicyclic amines) is 1. The van der Waals surface area contributed by atoms with Crippen molar-refractivity contribution < 1.29 is 9.53 Å². The highest BCUT2D eigenvalue weighted by Gasteiger charge is 2.30. The zero-order valence-electron chi connectivity index (χ0n) is 15.4. The molecular weight excluding hydrogens is 358 g/mol. The molecule has 1 fully saturated rings. The van der Waals surface area contributed by atoms with Crippen LogP contribution in [0.15, 0.2) is 48.5 Å². The summed E-state index contributed by atoms with van der Waals surface area (Å²) in [5.41, 5.74) is 1.76. The van der Waals surface area contributed by atoms with Crippen LogP contribution in [0, 0.1) is 0 Å². The molecule has 1 N–H and O–H groups in total. The summed E-state index contributed by atoms with van der Waals surface area (Å²) in [5.74, 6) is 0.688. The zero-order chi connectivity index (χ0) is 18.6. The average molecular weight is 382 g/mol. The second kappa shape index (κ2) is 8.06. The third kappa shape index (κ3) is 3.96. The maximum absolute atomic E-state index is 12.6. The Labute approximate surface area is 163 Å². The van der Waals surface area contributed by atoms with E-state index in [9.17, 15) is 4.79 Å². The molecule has 0 unspecified atom stereocenters. The van der Waals surface area contributed by atoms with Gasteiger partial charge in [-0.1, -0.05) is 24.3 Å². The molecule has 2 aromatic carbocycles. The first-order valence-corrected chi connectivity index (χ1v) is 10.2. The lowest BCUT2D eigenvalue weighted by molar-refractivity contribution is -0.117. The number of para-hydroxylation sites is 3. The number of amides is 1. The lowest BCUT2D eigenvalue weighted by Crippen LogP contribution is -2.33. The van der Waals surface area contributed by atoms with E-state index >= 15 is 0 Å². The quantitative estimate of drug-likeness (QED) is 0.684. The number of carbonyl (C=O) groups excluding carboxylic acids is 1. The third-order valence-corrected chi connectivity index (χ3v) is 5.90. The highest BCUT2D eigenvalue weighted by atomic mass is 32.1. The van der Waals surface area contributed by atoms with Crippen molar-refractivity contribution in [3.8, 4) is 5.75 Å². The minimum Gasteiger partial charge on any atom is -0.492 e. The molecule has 0 radical (unpaired) electrons. The summed E-state index contributed by atoms with van der Waals surface area (Å²) >= 11 is 1.73. The van der Waals surface area contributed by atoms with Gasteiger partial charge in [0.2, 0.25) is 5.91 Å². The minimum absolute atomic E-state index is 0.0184. The van der Waals surface area contributed by atoms with Crippen molar-refractivity contribution in [1.29, 1.82) is 0 Å². The van der Waals surface area contributed by atoms with Crippen LogP contribution in [0.1, 0.15) is 30.8 Å². The van der Waals surface area contributed by atoms with Gasteiger partial charge in [-0.2, -0.15) is 0 Å². The summed E-state index contributed by atoms with van der Waals surface area (Å²) in [7, 11) is 0. The number of nitrogens with one attached hydrogen (secondary N) is 1. The van der Waals surface area contributed by atoms with Crippen molar-refractivity contribution in [2.75, 3.05) is 25.0 Å². The first-order chi connectivity index (χ1) is 13.2. The molecule has 0 aliphatic carbocycles. The first-order valence-electron chi connectivity index (χ1n) is 9.36. The van der Waals surface area contributed by atoms with E-state index in [0.29, 0.717) is 18.9 Å². The number of ether oxygens (including phenoxy) is 1. The lowest BCUT2D eigenvalue weighted by Gasteiger charge is -2.22. The van der Waals surface area contributed by atoms with Gasteiger partial charge in [-0.05, 0) is 50.6 Å². The number of fused-ring (bicyclic) bond motifs is 1. The summed E-state index contributed by atoms with van der Waals surface area (Å²) in [6.07, 6.45) is 2.13. The minimum atomic E-state index is -0.0184. The monoisotopic (exact) mass is 381 g/mol. The standard InChI is InChI=1S/C21H23N3O2S/c1-2-26-18-11-5-3-8-15(18)22-20(25)14-24-13-7-10-17(24)21-23-16-9-4-6-12-19(16)27-21/h3-6,8-9,11-12,17H,2,7,10,13-14H2,1H3,(H,22,25)/t17-/m1/s1. The molecule has 0 saturated carbocycles. The van der Waals surface area contributed by atoms with Crippen LogP contribution in [0.2, 0.25) is 0 Å². The molecular formula is C21H23N3O2S. The van der Waals surface area contributed by atoms with E-state index < -0.39 is 0 Å². The van der Waals surface area contributed by atoms with E-state index in [0.717, 1.165) is 35.6 Å².